The third kappa shape index (κ3) is 5.82. The zero-order valence-corrected chi connectivity index (χ0v) is 20.3. The average molecular weight is 457 g/mol. The van der Waals surface area contributed by atoms with Crippen LogP contribution in [0.1, 0.15) is 17.9 Å². The SMILES string of the molecule is C=CC(=O)Nc1ccc2c(N3CC[C@@H](Cc4ncc(C#C[Si](C)(C)C)nn4)C3)nccc2c1. The molecule has 8 heteroatoms. The number of pyridine rings is 1. The number of carbonyl (C=O) groups excluding carboxylic acids is 1. The van der Waals surface area contributed by atoms with Crippen LogP contribution in [-0.2, 0) is 11.2 Å². The minimum atomic E-state index is -1.45. The Morgan fingerprint density at radius 2 is 2.12 bits per heavy atom. The van der Waals surface area contributed by atoms with Crippen molar-refractivity contribution < 1.29 is 4.79 Å². The molecule has 7 nitrogen and oxygen atoms in total. The van der Waals surface area contributed by atoms with Gasteiger partial charge in [-0.1, -0.05) is 32.1 Å². The van der Waals surface area contributed by atoms with E-state index in [9.17, 15) is 4.79 Å². The first-order valence-corrected chi connectivity index (χ1v) is 14.6. The fourth-order valence-electron chi connectivity index (χ4n) is 3.84. The van der Waals surface area contributed by atoms with Crippen molar-refractivity contribution in [3.05, 3.63) is 60.8 Å². The number of fused-ring (bicyclic) bond motifs is 1. The highest BCUT2D eigenvalue weighted by molar-refractivity contribution is 6.83. The zero-order valence-electron chi connectivity index (χ0n) is 19.3. The van der Waals surface area contributed by atoms with Crippen LogP contribution in [-0.4, -0.2) is 47.2 Å². The van der Waals surface area contributed by atoms with E-state index < -0.39 is 8.07 Å². The van der Waals surface area contributed by atoms with Crippen LogP contribution in [0.2, 0.25) is 19.6 Å². The first-order valence-electron chi connectivity index (χ1n) is 11.1. The molecule has 33 heavy (non-hydrogen) atoms. The van der Waals surface area contributed by atoms with E-state index in [4.69, 9.17) is 0 Å². The molecule has 1 amide bonds. The van der Waals surface area contributed by atoms with Gasteiger partial charge in [-0.05, 0) is 48.1 Å². The number of amides is 1. The molecular formula is C25H28N6OSi. The molecule has 0 saturated carbocycles. The molecule has 1 fully saturated rings. The number of nitrogens with one attached hydrogen (secondary N) is 1. The minimum absolute atomic E-state index is 0.223. The molecule has 2 aromatic heterocycles. The maximum Gasteiger partial charge on any atom is 0.247 e. The predicted octanol–water partition coefficient (Wildman–Crippen LogP) is 3.84. The van der Waals surface area contributed by atoms with Crippen molar-refractivity contribution in [2.24, 2.45) is 5.92 Å². The summed E-state index contributed by atoms with van der Waals surface area (Å²) in [6.07, 6.45) is 6.65. The number of carbonyl (C=O) groups is 1. The lowest BCUT2D eigenvalue weighted by Crippen LogP contribution is -2.22. The Morgan fingerprint density at radius 3 is 2.85 bits per heavy atom. The second-order valence-corrected chi connectivity index (χ2v) is 14.1. The number of anilines is 2. The molecule has 1 aliphatic rings. The number of hydrogen-bond acceptors (Lipinski definition) is 6. The van der Waals surface area contributed by atoms with Crippen molar-refractivity contribution in [1.82, 2.24) is 20.2 Å². The third-order valence-electron chi connectivity index (χ3n) is 5.43. The normalized spacial score (nSPS) is 15.7. The largest absolute Gasteiger partial charge is 0.356 e. The first kappa shape index (κ1) is 22.6. The zero-order chi connectivity index (χ0) is 23.4. The van der Waals surface area contributed by atoms with Gasteiger partial charge in [0.2, 0.25) is 5.91 Å². The second-order valence-electron chi connectivity index (χ2n) is 9.33. The van der Waals surface area contributed by atoms with Gasteiger partial charge in [0.15, 0.2) is 11.5 Å². The van der Waals surface area contributed by atoms with Gasteiger partial charge in [0, 0.05) is 36.8 Å². The van der Waals surface area contributed by atoms with Crippen LogP contribution >= 0.6 is 0 Å². The van der Waals surface area contributed by atoms with Crippen LogP contribution in [0.25, 0.3) is 10.8 Å². The molecule has 1 atom stereocenters. The monoisotopic (exact) mass is 456 g/mol. The maximum atomic E-state index is 11.6. The smallest absolute Gasteiger partial charge is 0.247 e. The van der Waals surface area contributed by atoms with Crippen LogP contribution in [0.3, 0.4) is 0 Å². The summed E-state index contributed by atoms with van der Waals surface area (Å²) in [5, 5.41) is 13.5. The van der Waals surface area contributed by atoms with Gasteiger partial charge in [-0.3, -0.25) is 4.79 Å². The average Bonchev–Trinajstić information content (AvgIpc) is 3.25. The van der Waals surface area contributed by atoms with E-state index in [1.54, 1.807) is 6.20 Å². The molecule has 0 bridgehead atoms. The molecular weight excluding hydrogens is 428 g/mol. The van der Waals surface area contributed by atoms with E-state index in [-0.39, 0.29) is 5.91 Å². The van der Waals surface area contributed by atoms with Crippen molar-refractivity contribution in [2.75, 3.05) is 23.3 Å². The van der Waals surface area contributed by atoms with E-state index in [0.717, 1.165) is 54.0 Å². The highest BCUT2D eigenvalue weighted by Gasteiger charge is 2.26. The summed E-state index contributed by atoms with van der Waals surface area (Å²) in [7, 11) is -1.45. The lowest BCUT2D eigenvalue weighted by Gasteiger charge is -2.19. The summed E-state index contributed by atoms with van der Waals surface area (Å²) >= 11 is 0. The summed E-state index contributed by atoms with van der Waals surface area (Å²) in [5.74, 6) is 5.04. The van der Waals surface area contributed by atoms with Crippen molar-refractivity contribution >= 4 is 36.3 Å². The van der Waals surface area contributed by atoms with Crippen LogP contribution in [0, 0.1) is 17.4 Å². The van der Waals surface area contributed by atoms with Gasteiger partial charge in [0.05, 0.1) is 6.20 Å². The van der Waals surface area contributed by atoms with Gasteiger partial charge in [-0.15, -0.1) is 15.7 Å². The number of rotatable bonds is 5. The van der Waals surface area contributed by atoms with E-state index >= 15 is 0 Å². The van der Waals surface area contributed by atoms with Crippen LogP contribution in [0.4, 0.5) is 11.5 Å². The molecule has 1 aromatic carbocycles. The maximum absolute atomic E-state index is 11.6. The highest BCUT2D eigenvalue weighted by atomic mass is 28.3. The predicted molar refractivity (Wildman–Crippen MR) is 135 cm³/mol. The lowest BCUT2D eigenvalue weighted by molar-refractivity contribution is -0.111. The minimum Gasteiger partial charge on any atom is -0.356 e. The number of nitrogens with zero attached hydrogens (tertiary/aromatic N) is 5. The van der Waals surface area contributed by atoms with Gasteiger partial charge in [0.1, 0.15) is 13.9 Å². The van der Waals surface area contributed by atoms with Crippen LogP contribution in [0.15, 0.2) is 49.3 Å². The Bertz CT molecular complexity index is 1240. The standard InChI is InChI=1S/C25H28N6OSi/c1-5-24(32)28-20-6-7-22-19(15-20)8-11-26-25(22)31-12-9-18(17-31)14-23-27-16-21(29-30-23)10-13-33(2,3)4/h5-8,11,15-16,18H,1,9,12,14,17H2,2-4H3,(H,28,32)/t18-/m0/s1. The van der Waals surface area contributed by atoms with Crippen molar-refractivity contribution in [1.29, 1.82) is 0 Å². The molecule has 1 N–H and O–H groups in total. The van der Waals surface area contributed by atoms with Crippen molar-refractivity contribution in [3.63, 3.8) is 0 Å². The molecule has 0 spiro atoms. The molecule has 3 aromatic rings. The van der Waals surface area contributed by atoms with E-state index in [0.29, 0.717) is 11.6 Å². The molecule has 3 heterocycles. The molecule has 168 valence electrons. The summed E-state index contributed by atoms with van der Waals surface area (Å²) in [6, 6.07) is 7.83. The quantitative estimate of drug-likeness (QED) is 0.357. The Balaban J connectivity index is 1.44. The fourth-order valence-corrected chi connectivity index (χ4v) is 4.34. The summed E-state index contributed by atoms with van der Waals surface area (Å²) < 4.78 is 0. The van der Waals surface area contributed by atoms with Gasteiger partial charge in [-0.2, -0.15) is 0 Å². The van der Waals surface area contributed by atoms with E-state index in [1.165, 1.54) is 6.08 Å². The molecule has 0 aliphatic carbocycles. The Labute approximate surface area is 195 Å². The highest BCUT2D eigenvalue weighted by Crippen LogP contribution is 2.31. The van der Waals surface area contributed by atoms with Gasteiger partial charge in [-0.25, -0.2) is 9.97 Å². The lowest BCUT2D eigenvalue weighted by atomic mass is 10.0. The van der Waals surface area contributed by atoms with Crippen molar-refractivity contribution in [2.45, 2.75) is 32.5 Å². The Hall–Kier alpha value is -3.57. The molecule has 0 unspecified atom stereocenters. The molecule has 1 saturated heterocycles. The van der Waals surface area contributed by atoms with Crippen molar-refractivity contribution in [3.8, 4) is 11.5 Å². The topological polar surface area (TPSA) is 83.9 Å². The molecule has 1 aliphatic heterocycles. The Morgan fingerprint density at radius 1 is 1.27 bits per heavy atom. The fraction of sp³-hybridized carbons (Fsp3) is 0.320. The third-order valence-corrected chi connectivity index (χ3v) is 6.30. The van der Waals surface area contributed by atoms with Crippen LogP contribution in [0.5, 0.6) is 0 Å². The first-order chi connectivity index (χ1) is 15.8. The number of benzene rings is 1. The Kier molecular flexibility index (Phi) is 6.51. The van der Waals surface area contributed by atoms with E-state index in [1.807, 2.05) is 30.5 Å². The second kappa shape index (κ2) is 9.51. The van der Waals surface area contributed by atoms with Crippen LogP contribution < -0.4 is 10.2 Å². The van der Waals surface area contributed by atoms with Gasteiger partial charge >= 0.3 is 0 Å². The summed E-state index contributed by atoms with van der Waals surface area (Å²) in [5.41, 5.74) is 4.67. The van der Waals surface area contributed by atoms with Gasteiger partial charge < -0.3 is 10.2 Å². The summed E-state index contributed by atoms with van der Waals surface area (Å²) in [6.45, 7) is 11.9. The number of hydrogen-bond donors (Lipinski definition) is 1. The van der Waals surface area contributed by atoms with E-state index in [2.05, 4.69) is 68.1 Å². The molecule has 0 radical (unpaired) electrons. The van der Waals surface area contributed by atoms with Gasteiger partial charge in [0.25, 0.3) is 0 Å². The molecule has 4 rings (SSSR count). The summed E-state index contributed by atoms with van der Waals surface area (Å²) in [4.78, 5) is 23.1. The number of aromatic nitrogens is 4.